The van der Waals surface area contributed by atoms with Crippen LogP contribution in [0.2, 0.25) is 0 Å². The van der Waals surface area contributed by atoms with E-state index >= 15 is 0 Å². The van der Waals surface area contributed by atoms with E-state index in [1.54, 1.807) is 7.05 Å². The van der Waals surface area contributed by atoms with Gasteiger partial charge in [0.2, 0.25) is 11.8 Å². The average Bonchev–Trinajstić information content (AvgIpc) is 2.83. The second-order valence-corrected chi connectivity index (χ2v) is 8.23. The van der Waals surface area contributed by atoms with Gasteiger partial charge in [0.1, 0.15) is 0 Å². The molecule has 0 radical (unpaired) electrons. The first kappa shape index (κ1) is 23.0. The first-order valence-corrected chi connectivity index (χ1v) is 11.5. The van der Waals surface area contributed by atoms with Crippen molar-refractivity contribution in [3.63, 3.8) is 0 Å². The van der Waals surface area contributed by atoms with Crippen LogP contribution in [-0.4, -0.2) is 54.8 Å². The van der Waals surface area contributed by atoms with Gasteiger partial charge in [0, 0.05) is 46.1 Å². The minimum Gasteiger partial charge on any atom is -0.359 e. The third kappa shape index (κ3) is 6.93. The van der Waals surface area contributed by atoms with Crippen molar-refractivity contribution in [2.75, 3.05) is 33.2 Å². The number of carbonyl (C=O) groups is 2. The number of nitrogens with one attached hydrogen (secondary N) is 1. The standard InChI is InChI=1S/C26H35N3O2/c1-27-24(30)16-10-2-3-11-17-25(31)28-18-20-29(21-19-28)26(22-12-6-4-7-13-22)23-14-8-5-9-15-23/h4-9,12-15,26H,2-3,10-11,16-21H2,1H3,(H,27,30). The normalized spacial score (nSPS) is 14.6. The van der Waals surface area contributed by atoms with Gasteiger partial charge in [0.25, 0.3) is 0 Å². The minimum absolute atomic E-state index is 0.0956. The summed E-state index contributed by atoms with van der Waals surface area (Å²) < 4.78 is 0. The Morgan fingerprint density at radius 3 is 1.81 bits per heavy atom. The summed E-state index contributed by atoms with van der Waals surface area (Å²) in [5.41, 5.74) is 2.59. The van der Waals surface area contributed by atoms with E-state index in [1.165, 1.54) is 11.1 Å². The van der Waals surface area contributed by atoms with Gasteiger partial charge in [-0.3, -0.25) is 14.5 Å². The monoisotopic (exact) mass is 421 g/mol. The van der Waals surface area contributed by atoms with E-state index in [0.717, 1.165) is 51.9 Å². The highest BCUT2D eigenvalue weighted by molar-refractivity contribution is 5.76. The first-order chi connectivity index (χ1) is 15.2. The molecular weight excluding hydrogens is 386 g/mol. The van der Waals surface area contributed by atoms with Crippen molar-refractivity contribution < 1.29 is 9.59 Å². The van der Waals surface area contributed by atoms with Crippen LogP contribution in [0.5, 0.6) is 0 Å². The molecule has 1 heterocycles. The number of rotatable bonds is 10. The number of hydrogen-bond acceptors (Lipinski definition) is 3. The minimum atomic E-state index is 0.0956. The topological polar surface area (TPSA) is 52.7 Å². The van der Waals surface area contributed by atoms with Crippen LogP contribution >= 0.6 is 0 Å². The molecule has 0 bridgehead atoms. The van der Waals surface area contributed by atoms with Crippen molar-refractivity contribution in [2.45, 2.75) is 44.6 Å². The van der Waals surface area contributed by atoms with Crippen LogP contribution in [0.25, 0.3) is 0 Å². The van der Waals surface area contributed by atoms with E-state index in [1.807, 2.05) is 4.90 Å². The summed E-state index contributed by atoms with van der Waals surface area (Å²) in [5, 5.41) is 2.65. The molecule has 1 aliphatic rings. The van der Waals surface area contributed by atoms with Gasteiger partial charge in [0.05, 0.1) is 6.04 Å². The smallest absolute Gasteiger partial charge is 0.222 e. The van der Waals surface area contributed by atoms with E-state index in [-0.39, 0.29) is 17.9 Å². The van der Waals surface area contributed by atoms with Crippen molar-refractivity contribution in [2.24, 2.45) is 0 Å². The number of unbranched alkanes of at least 4 members (excludes halogenated alkanes) is 3. The van der Waals surface area contributed by atoms with Crippen LogP contribution in [0.15, 0.2) is 60.7 Å². The fourth-order valence-electron chi connectivity index (χ4n) is 4.31. The Balaban J connectivity index is 1.47. The van der Waals surface area contributed by atoms with Gasteiger partial charge < -0.3 is 10.2 Å². The maximum absolute atomic E-state index is 12.6. The molecule has 1 N–H and O–H groups in total. The zero-order valence-corrected chi connectivity index (χ0v) is 18.6. The molecule has 0 aliphatic carbocycles. The first-order valence-electron chi connectivity index (χ1n) is 11.5. The van der Waals surface area contributed by atoms with Crippen LogP contribution in [0.3, 0.4) is 0 Å². The Morgan fingerprint density at radius 1 is 0.774 bits per heavy atom. The lowest BCUT2D eigenvalue weighted by Gasteiger charge is -2.40. The summed E-state index contributed by atoms with van der Waals surface area (Å²) >= 11 is 0. The molecule has 31 heavy (non-hydrogen) atoms. The molecule has 166 valence electrons. The molecule has 2 amide bonds. The van der Waals surface area contributed by atoms with E-state index in [2.05, 4.69) is 70.9 Å². The molecule has 1 fully saturated rings. The summed E-state index contributed by atoms with van der Waals surface area (Å²) in [4.78, 5) is 28.4. The molecule has 0 saturated carbocycles. The van der Waals surface area contributed by atoms with Crippen molar-refractivity contribution >= 4 is 11.8 Å². The van der Waals surface area contributed by atoms with Crippen LogP contribution in [0.4, 0.5) is 0 Å². The fourth-order valence-corrected chi connectivity index (χ4v) is 4.31. The Morgan fingerprint density at radius 2 is 1.29 bits per heavy atom. The number of amides is 2. The van der Waals surface area contributed by atoms with Gasteiger partial charge in [-0.15, -0.1) is 0 Å². The molecule has 0 spiro atoms. The van der Waals surface area contributed by atoms with Crippen LogP contribution in [0, 0.1) is 0 Å². The third-order valence-electron chi connectivity index (χ3n) is 6.09. The lowest BCUT2D eigenvalue weighted by atomic mass is 9.96. The van der Waals surface area contributed by atoms with Gasteiger partial charge in [-0.1, -0.05) is 73.5 Å². The summed E-state index contributed by atoms with van der Waals surface area (Å²) in [6, 6.07) is 21.5. The molecule has 0 unspecified atom stereocenters. The number of benzene rings is 2. The Labute approximate surface area is 186 Å². The highest BCUT2D eigenvalue weighted by Crippen LogP contribution is 2.29. The van der Waals surface area contributed by atoms with Crippen molar-refractivity contribution in [1.82, 2.24) is 15.1 Å². The largest absolute Gasteiger partial charge is 0.359 e. The molecule has 2 aromatic rings. The lowest BCUT2D eigenvalue weighted by molar-refractivity contribution is -0.133. The van der Waals surface area contributed by atoms with E-state index in [9.17, 15) is 9.59 Å². The predicted octanol–water partition coefficient (Wildman–Crippen LogP) is 4.01. The van der Waals surface area contributed by atoms with Crippen LogP contribution in [0.1, 0.15) is 55.7 Å². The van der Waals surface area contributed by atoms with E-state index in [4.69, 9.17) is 0 Å². The third-order valence-corrected chi connectivity index (χ3v) is 6.09. The number of carbonyl (C=O) groups excluding carboxylic acids is 2. The van der Waals surface area contributed by atoms with Crippen molar-refractivity contribution in [1.29, 1.82) is 0 Å². The van der Waals surface area contributed by atoms with Gasteiger partial charge >= 0.3 is 0 Å². The molecule has 1 saturated heterocycles. The molecule has 1 aliphatic heterocycles. The zero-order chi connectivity index (χ0) is 21.9. The van der Waals surface area contributed by atoms with Gasteiger partial charge in [-0.25, -0.2) is 0 Å². The maximum Gasteiger partial charge on any atom is 0.222 e. The summed E-state index contributed by atoms with van der Waals surface area (Å²) in [6.45, 7) is 3.33. The fraction of sp³-hybridized carbons (Fsp3) is 0.462. The molecule has 3 rings (SSSR count). The highest BCUT2D eigenvalue weighted by Gasteiger charge is 2.27. The lowest BCUT2D eigenvalue weighted by Crippen LogP contribution is -2.49. The Bertz CT molecular complexity index is 762. The Kier molecular flexibility index (Phi) is 9.10. The van der Waals surface area contributed by atoms with E-state index in [0.29, 0.717) is 12.8 Å². The van der Waals surface area contributed by atoms with Gasteiger partial charge in [-0.05, 0) is 24.0 Å². The SMILES string of the molecule is CNC(=O)CCCCCCC(=O)N1CCN(C(c2ccccc2)c2ccccc2)CC1. The number of nitrogens with zero attached hydrogens (tertiary/aromatic N) is 2. The molecule has 0 aromatic heterocycles. The molecule has 5 heteroatoms. The highest BCUT2D eigenvalue weighted by atomic mass is 16.2. The second-order valence-electron chi connectivity index (χ2n) is 8.23. The quantitative estimate of drug-likeness (QED) is 0.590. The summed E-state index contributed by atoms with van der Waals surface area (Å²) in [7, 11) is 1.67. The number of piperazine rings is 1. The molecule has 0 atom stereocenters. The zero-order valence-electron chi connectivity index (χ0n) is 18.6. The number of hydrogen-bond donors (Lipinski definition) is 1. The summed E-state index contributed by atoms with van der Waals surface area (Å²) in [5.74, 6) is 0.361. The van der Waals surface area contributed by atoms with Crippen molar-refractivity contribution in [3.05, 3.63) is 71.8 Å². The molecule has 2 aromatic carbocycles. The van der Waals surface area contributed by atoms with Gasteiger partial charge in [-0.2, -0.15) is 0 Å². The molecular formula is C26H35N3O2. The maximum atomic E-state index is 12.6. The van der Waals surface area contributed by atoms with Crippen LogP contribution < -0.4 is 5.32 Å². The van der Waals surface area contributed by atoms with Crippen molar-refractivity contribution in [3.8, 4) is 0 Å². The van der Waals surface area contributed by atoms with Gasteiger partial charge in [0.15, 0.2) is 0 Å². The Hall–Kier alpha value is -2.66. The van der Waals surface area contributed by atoms with Crippen LogP contribution in [-0.2, 0) is 9.59 Å². The summed E-state index contributed by atoms with van der Waals surface area (Å²) in [6.07, 6.45) is 5.00. The second kappa shape index (κ2) is 12.3. The predicted molar refractivity (Wildman–Crippen MR) is 125 cm³/mol. The molecule has 5 nitrogen and oxygen atoms in total. The average molecular weight is 422 g/mol. The van der Waals surface area contributed by atoms with E-state index < -0.39 is 0 Å².